The molecule has 0 bridgehead atoms. The highest BCUT2D eigenvalue weighted by atomic mass is 16.5. The van der Waals surface area contributed by atoms with Crippen LogP contribution in [0, 0.1) is 0 Å². The van der Waals surface area contributed by atoms with Crippen LogP contribution in [-0.4, -0.2) is 28.1 Å². The van der Waals surface area contributed by atoms with Crippen molar-refractivity contribution >= 4 is 0 Å². The van der Waals surface area contributed by atoms with E-state index in [1.54, 1.807) is 0 Å². The molecule has 0 radical (unpaired) electrons. The molecule has 1 saturated heterocycles. The summed E-state index contributed by atoms with van der Waals surface area (Å²) in [5, 5.41) is 4.01. The largest absolute Gasteiger partial charge is 0.338 e. The third-order valence-corrected chi connectivity index (χ3v) is 3.49. The molecule has 0 unspecified atom stereocenters. The molecule has 0 saturated carbocycles. The first-order valence-electron chi connectivity index (χ1n) is 6.70. The molecule has 0 aliphatic carbocycles. The fourth-order valence-corrected chi connectivity index (χ4v) is 2.51. The number of nitrogens with zero attached hydrogens (tertiary/aromatic N) is 3. The van der Waals surface area contributed by atoms with Crippen molar-refractivity contribution in [2.24, 2.45) is 5.73 Å². The van der Waals surface area contributed by atoms with E-state index in [2.05, 4.69) is 27.2 Å². The van der Waals surface area contributed by atoms with Crippen LogP contribution in [0.3, 0.4) is 0 Å². The summed E-state index contributed by atoms with van der Waals surface area (Å²) in [6, 6.07) is 8.23. The minimum atomic E-state index is 0.279. The monoisotopic (exact) mass is 258 g/mol. The number of hydrogen-bond donors (Lipinski definition) is 1. The van der Waals surface area contributed by atoms with E-state index in [1.165, 1.54) is 31.5 Å². The van der Waals surface area contributed by atoms with E-state index in [1.807, 2.05) is 12.1 Å². The first kappa shape index (κ1) is 12.3. The Morgan fingerprint density at radius 2 is 2.00 bits per heavy atom. The Bertz CT molecular complexity index is 546. The fourth-order valence-electron chi connectivity index (χ4n) is 2.51. The molecule has 5 heteroatoms. The summed E-state index contributed by atoms with van der Waals surface area (Å²) >= 11 is 0. The van der Waals surface area contributed by atoms with Crippen LogP contribution in [0.5, 0.6) is 0 Å². The standard InChI is InChI=1S/C14H18N4O/c15-9-13-16-14(17-19-13)12-6-2-1-5-11(12)10-18-7-3-4-8-18/h1-2,5-6H,3-4,7-10,15H2. The van der Waals surface area contributed by atoms with E-state index >= 15 is 0 Å². The molecule has 2 N–H and O–H groups in total. The number of benzene rings is 1. The number of hydrogen-bond acceptors (Lipinski definition) is 5. The average Bonchev–Trinajstić information content (AvgIpc) is 3.10. The SMILES string of the molecule is NCc1nc(-c2ccccc2CN2CCCC2)no1. The van der Waals surface area contributed by atoms with Crippen molar-refractivity contribution in [3.8, 4) is 11.4 Å². The molecule has 0 atom stereocenters. The zero-order valence-electron chi connectivity index (χ0n) is 10.9. The molecule has 5 nitrogen and oxygen atoms in total. The van der Waals surface area contributed by atoms with Crippen LogP contribution in [0.4, 0.5) is 0 Å². The first-order valence-corrected chi connectivity index (χ1v) is 6.70. The van der Waals surface area contributed by atoms with Gasteiger partial charge < -0.3 is 10.3 Å². The van der Waals surface area contributed by atoms with Gasteiger partial charge in [0, 0.05) is 12.1 Å². The van der Waals surface area contributed by atoms with Gasteiger partial charge >= 0.3 is 0 Å². The van der Waals surface area contributed by atoms with Crippen LogP contribution in [-0.2, 0) is 13.1 Å². The van der Waals surface area contributed by atoms with Gasteiger partial charge in [-0.15, -0.1) is 0 Å². The zero-order chi connectivity index (χ0) is 13.1. The lowest BCUT2D eigenvalue weighted by Crippen LogP contribution is -2.18. The Kier molecular flexibility index (Phi) is 3.57. The van der Waals surface area contributed by atoms with Crippen LogP contribution in [0.25, 0.3) is 11.4 Å². The van der Waals surface area contributed by atoms with Gasteiger partial charge in [0.05, 0.1) is 6.54 Å². The van der Waals surface area contributed by atoms with Gasteiger partial charge in [-0.1, -0.05) is 29.4 Å². The molecule has 1 aliphatic rings. The average molecular weight is 258 g/mol. The molecular weight excluding hydrogens is 240 g/mol. The van der Waals surface area contributed by atoms with Crippen molar-refractivity contribution in [1.29, 1.82) is 0 Å². The summed E-state index contributed by atoms with van der Waals surface area (Å²) in [6.07, 6.45) is 2.59. The topological polar surface area (TPSA) is 68.2 Å². The predicted molar refractivity (Wildman–Crippen MR) is 72.1 cm³/mol. The van der Waals surface area contributed by atoms with Crippen LogP contribution in [0.1, 0.15) is 24.3 Å². The van der Waals surface area contributed by atoms with E-state index in [4.69, 9.17) is 10.3 Å². The second-order valence-corrected chi connectivity index (χ2v) is 4.86. The molecule has 2 heterocycles. The Balaban J connectivity index is 1.87. The summed E-state index contributed by atoms with van der Waals surface area (Å²) in [5.74, 6) is 1.11. The Labute approximate surface area is 112 Å². The number of nitrogens with two attached hydrogens (primary N) is 1. The zero-order valence-corrected chi connectivity index (χ0v) is 10.9. The quantitative estimate of drug-likeness (QED) is 0.905. The van der Waals surface area contributed by atoms with E-state index < -0.39 is 0 Å². The number of aromatic nitrogens is 2. The van der Waals surface area contributed by atoms with Gasteiger partial charge in [-0.2, -0.15) is 4.98 Å². The van der Waals surface area contributed by atoms with Crippen molar-refractivity contribution in [3.05, 3.63) is 35.7 Å². The number of likely N-dealkylation sites (tertiary alicyclic amines) is 1. The summed E-state index contributed by atoms with van der Waals surface area (Å²) < 4.78 is 5.09. The lowest BCUT2D eigenvalue weighted by Gasteiger charge is -2.16. The molecule has 1 aromatic carbocycles. The normalized spacial score (nSPS) is 16.1. The van der Waals surface area contributed by atoms with Crippen molar-refractivity contribution in [3.63, 3.8) is 0 Å². The third-order valence-electron chi connectivity index (χ3n) is 3.49. The maximum absolute atomic E-state index is 5.51. The molecule has 1 aliphatic heterocycles. The minimum absolute atomic E-state index is 0.279. The van der Waals surface area contributed by atoms with Crippen LogP contribution in [0.2, 0.25) is 0 Å². The van der Waals surface area contributed by atoms with Crippen LogP contribution in [0.15, 0.2) is 28.8 Å². The van der Waals surface area contributed by atoms with Crippen LogP contribution >= 0.6 is 0 Å². The molecule has 3 rings (SSSR count). The first-order chi connectivity index (χ1) is 9.36. The number of rotatable bonds is 4. The fraction of sp³-hybridized carbons (Fsp3) is 0.429. The van der Waals surface area contributed by atoms with Crippen molar-refractivity contribution < 1.29 is 4.52 Å². The summed E-state index contributed by atoms with van der Waals surface area (Å²) in [7, 11) is 0. The molecule has 1 aromatic heterocycles. The molecule has 100 valence electrons. The molecule has 2 aromatic rings. The molecule has 0 amide bonds. The van der Waals surface area contributed by atoms with Gasteiger partial charge in [-0.05, 0) is 31.5 Å². The molecule has 1 fully saturated rings. The highest BCUT2D eigenvalue weighted by molar-refractivity contribution is 5.59. The van der Waals surface area contributed by atoms with Crippen molar-refractivity contribution in [2.75, 3.05) is 13.1 Å². The molecule has 0 spiro atoms. The maximum Gasteiger partial charge on any atom is 0.240 e. The van der Waals surface area contributed by atoms with Crippen molar-refractivity contribution in [2.45, 2.75) is 25.9 Å². The van der Waals surface area contributed by atoms with E-state index in [9.17, 15) is 0 Å². The smallest absolute Gasteiger partial charge is 0.240 e. The minimum Gasteiger partial charge on any atom is -0.338 e. The second-order valence-electron chi connectivity index (χ2n) is 4.86. The lowest BCUT2D eigenvalue weighted by molar-refractivity contribution is 0.331. The summed E-state index contributed by atoms with van der Waals surface area (Å²) in [5.41, 5.74) is 7.79. The summed E-state index contributed by atoms with van der Waals surface area (Å²) in [4.78, 5) is 6.77. The van der Waals surface area contributed by atoms with Gasteiger partial charge in [0.15, 0.2) is 0 Å². The lowest BCUT2D eigenvalue weighted by atomic mass is 10.1. The van der Waals surface area contributed by atoms with Crippen molar-refractivity contribution in [1.82, 2.24) is 15.0 Å². The van der Waals surface area contributed by atoms with E-state index in [0.717, 1.165) is 12.1 Å². The summed E-state index contributed by atoms with van der Waals surface area (Å²) in [6.45, 7) is 3.58. The highest BCUT2D eigenvalue weighted by Gasteiger charge is 2.16. The Hall–Kier alpha value is -1.72. The van der Waals surface area contributed by atoms with Crippen LogP contribution < -0.4 is 5.73 Å². The Morgan fingerprint density at radius 1 is 1.21 bits per heavy atom. The molecule has 19 heavy (non-hydrogen) atoms. The third kappa shape index (κ3) is 2.67. The van der Waals surface area contributed by atoms with Gasteiger partial charge in [-0.3, -0.25) is 4.90 Å². The maximum atomic E-state index is 5.51. The van der Waals surface area contributed by atoms with Gasteiger partial charge in [0.1, 0.15) is 0 Å². The van der Waals surface area contributed by atoms with Gasteiger partial charge in [0.2, 0.25) is 11.7 Å². The highest BCUT2D eigenvalue weighted by Crippen LogP contribution is 2.23. The van der Waals surface area contributed by atoms with E-state index in [0.29, 0.717) is 11.7 Å². The Morgan fingerprint density at radius 3 is 2.74 bits per heavy atom. The second kappa shape index (κ2) is 5.50. The molecular formula is C14H18N4O. The predicted octanol–water partition coefficient (Wildman–Crippen LogP) is 1.79. The van der Waals surface area contributed by atoms with Gasteiger partial charge in [0.25, 0.3) is 0 Å². The van der Waals surface area contributed by atoms with Gasteiger partial charge in [-0.25, -0.2) is 0 Å². The van der Waals surface area contributed by atoms with E-state index in [-0.39, 0.29) is 6.54 Å².